The Morgan fingerprint density at radius 1 is 1.71 bits per heavy atom. The standard InChI is InChI=1S/C8H12ClN3O2/c1-5(9)8(13)10-4-3-7-11-6(2)12-14-7/h5H,3-4H2,1-2H3,(H,10,13). The van der Waals surface area contributed by atoms with Gasteiger partial charge in [-0.3, -0.25) is 4.79 Å². The van der Waals surface area contributed by atoms with Crippen LogP contribution < -0.4 is 5.32 Å². The summed E-state index contributed by atoms with van der Waals surface area (Å²) in [6.07, 6.45) is 0.524. The van der Waals surface area contributed by atoms with Gasteiger partial charge in [-0.05, 0) is 13.8 Å². The van der Waals surface area contributed by atoms with Crippen LogP contribution in [0.1, 0.15) is 18.6 Å². The van der Waals surface area contributed by atoms with Crippen molar-refractivity contribution < 1.29 is 9.32 Å². The average molecular weight is 218 g/mol. The minimum atomic E-state index is -0.514. The lowest BCUT2D eigenvalue weighted by Gasteiger charge is -2.03. The van der Waals surface area contributed by atoms with Crippen LogP contribution in [0.25, 0.3) is 0 Å². The van der Waals surface area contributed by atoms with Gasteiger partial charge in [0.15, 0.2) is 5.82 Å². The third-order valence-corrected chi connectivity index (χ3v) is 1.77. The summed E-state index contributed by atoms with van der Waals surface area (Å²) >= 11 is 5.55. The molecule has 1 heterocycles. The molecule has 0 saturated carbocycles. The van der Waals surface area contributed by atoms with Crippen LogP contribution in [-0.4, -0.2) is 28.0 Å². The van der Waals surface area contributed by atoms with E-state index in [0.29, 0.717) is 24.7 Å². The van der Waals surface area contributed by atoms with Gasteiger partial charge in [0.1, 0.15) is 5.38 Å². The van der Waals surface area contributed by atoms with Gasteiger partial charge < -0.3 is 9.84 Å². The monoisotopic (exact) mass is 217 g/mol. The Hall–Kier alpha value is -1.10. The van der Waals surface area contributed by atoms with Crippen molar-refractivity contribution in [3.05, 3.63) is 11.7 Å². The zero-order valence-corrected chi connectivity index (χ0v) is 8.84. The van der Waals surface area contributed by atoms with Crippen LogP contribution in [0.3, 0.4) is 0 Å². The molecule has 14 heavy (non-hydrogen) atoms. The molecule has 0 aromatic carbocycles. The van der Waals surface area contributed by atoms with Crippen LogP contribution >= 0.6 is 11.6 Å². The highest BCUT2D eigenvalue weighted by molar-refractivity contribution is 6.30. The van der Waals surface area contributed by atoms with Gasteiger partial charge in [0, 0.05) is 13.0 Å². The van der Waals surface area contributed by atoms with Crippen molar-refractivity contribution in [2.24, 2.45) is 0 Å². The number of rotatable bonds is 4. The normalized spacial score (nSPS) is 12.5. The number of hydrogen-bond donors (Lipinski definition) is 1. The first-order chi connectivity index (χ1) is 6.59. The molecule has 1 amide bonds. The van der Waals surface area contributed by atoms with Crippen molar-refractivity contribution in [1.29, 1.82) is 0 Å². The molecule has 0 aliphatic heterocycles. The molecule has 1 atom stereocenters. The van der Waals surface area contributed by atoms with Crippen LogP contribution in [0.2, 0.25) is 0 Å². The van der Waals surface area contributed by atoms with Gasteiger partial charge in [0.25, 0.3) is 0 Å². The minimum absolute atomic E-state index is 0.192. The Balaban J connectivity index is 2.25. The van der Waals surface area contributed by atoms with E-state index in [1.807, 2.05) is 0 Å². The molecule has 1 aromatic rings. The molecule has 1 rings (SSSR count). The summed E-state index contributed by atoms with van der Waals surface area (Å²) in [6.45, 7) is 3.82. The highest BCUT2D eigenvalue weighted by atomic mass is 35.5. The Kier molecular flexibility index (Phi) is 3.88. The maximum Gasteiger partial charge on any atom is 0.237 e. The zero-order valence-electron chi connectivity index (χ0n) is 8.08. The van der Waals surface area contributed by atoms with Crippen molar-refractivity contribution in [3.63, 3.8) is 0 Å². The van der Waals surface area contributed by atoms with Gasteiger partial charge in [-0.25, -0.2) is 0 Å². The summed E-state index contributed by atoms with van der Waals surface area (Å²) in [5.74, 6) is 0.921. The van der Waals surface area contributed by atoms with Crippen LogP contribution in [0.4, 0.5) is 0 Å². The number of amides is 1. The highest BCUT2D eigenvalue weighted by Gasteiger charge is 2.08. The molecule has 0 aliphatic rings. The SMILES string of the molecule is Cc1noc(CCNC(=O)C(C)Cl)n1. The molecule has 1 N–H and O–H groups in total. The number of aryl methyl sites for hydroxylation is 1. The molecule has 0 fully saturated rings. The predicted octanol–water partition coefficient (Wildman–Crippen LogP) is 0.664. The van der Waals surface area contributed by atoms with Crippen molar-refractivity contribution in [2.75, 3.05) is 6.54 Å². The fourth-order valence-corrected chi connectivity index (χ4v) is 0.952. The number of carbonyl (C=O) groups excluding carboxylic acids is 1. The summed E-state index contributed by atoms with van der Waals surface area (Å²) in [7, 11) is 0. The molecule has 0 saturated heterocycles. The summed E-state index contributed by atoms with van der Waals surface area (Å²) in [6, 6.07) is 0. The quantitative estimate of drug-likeness (QED) is 0.753. The van der Waals surface area contributed by atoms with Crippen molar-refractivity contribution in [2.45, 2.75) is 25.6 Å². The molecule has 0 aliphatic carbocycles. The Morgan fingerprint density at radius 2 is 2.43 bits per heavy atom. The number of aromatic nitrogens is 2. The maximum absolute atomic E-state index is 11.0. The van der Waals surface area contributed by atoms with E-state index in [1.165, 1.54) is 0 Å². The summed E-state index contributed by atoms with van der Waals surface area (Å²) in [5, 5.41) is 5.75. The lowest BCUT2D eigenvalue weighted by atomic mass is 10.4. The third-order valence-electron chi connectivity index (χ3n) is 1.57. The van der Waals surface area contributed by atoms with E-state index < -0.39 is 5.38 Å². The summed E-state index contributed by atoms with van der Waals surface area (Å²) in [4.78, 5) is 15.0. The second-order valence-corrected chi connectivity index (χ2v) is 3.55. The Morgan fingerprint density at radius 3 is 2.93 bits per heavy atom. The second-order valence-electron chi connectivity index (χ2n) is 2.89. The smallest absolute Gasteiger partial charge is 0.237 e. The van der Waals surface area contributed by atoms with Crippen LogP contribution in [-0.2, 0) is 11.2 Å². The fraction of sp³-hybridized carbons (Fsp3) is 0.625. The molecule has 78 valence electrons. The molecule has 0 spiro atoms. The highest BCUT2D eigenvalue weighted by Crippen LogP contribution is 1.96. The van der Waals surface area contributed by atoms with E-state index in [1.54, 1.807) is 13.8 Å². The number of alkyl halides is 1. The van der Waals surface area contributed by atoms with Crippen LogP contribution in [0.5, 0.6) is 0 Å². The lowest BCUT2D eigenvalue weighted by Crippen LogP contribution is -2.31. The van der Waals surface area contributed by atoms with E-state index in [9.17, 15) is 4.79 Å². The number of nitrogens with zero attached hydrogens (tertiary/aromatic N) is 2. The molecular formula is C8H12ClN3O2. The molecule has 0 bridgehead atoms. The van der Waals surface area contributed by atoms with E-state index >= 15 is 0 Å². The first-order valence-electron chi connectivity index (χ1n) is 4.30. The number of hydrogen-bond acceptors (Lipinski definition) is 4. The number of nitrogens with one attached hydrogen (secondary N) is 1. The van der Waals surface area contributed by atoms with E-state index in [2.05, 4.69) is 15.5 Å². The number of halogens is 1. The van der Waals surface area contributed by atoms with Gasteiger partial charge in [-0.15, -0.1) is 11.6 Å². The summed E-state index contributed by atoms with van der Waals surface area (Å²) in [5.41, 5.74) is 0. The van der Waals surface area contributed by atoms with Crippen LogP contribution in [0, 0.1) is 6.92 Å². The fourth-order valence-electron chi connectivity index (χ4n) is 0.875. The molecule has 6 heteroatoms. The zero-order chi connectivity index (χ0) is 10.6. The van der Waals surface area contributed by atoms with E-state index in [4.69, 9.17) is 16.1 Å². The lowest BCUT2D eigenvalue weighted by molar-refractivity contribution is -0.120. The van der Waals surface area contributed by atoms with E-state index in [0.717, 1.165) is 0 Å². The predicted molar refractivity (Wildman–Crippen MR) is 51.1 cm³/mol. The van der Waals surface area contributed by atoms with Crippen molar-refractivity contribution in [1.82, 2.24) is 15.5 Å². The van der Waals surface area contributed by atoms with Crippen molar-refractivity contribution >= 4 is 17.5 Å². The maximum atomic E-state index is 11.0. The summed E-state index contributed by atoms with van der Waals surface area (Å²) < 4.78 is 4.86. The van der Waals surface area contributed by atoms with Crippen molar-refractivity contribution in [3.8, 4) is 0 Å². The van der Waals surface area contributed by atoms with Crippen LogP contribution in [0.15, 0.2) is 4.52 Å². The van der Waals surface area contributed by atoms with Gasteiger partial charge in [0.05, 0.1) is 0 Å². The average Bonchev–Trinajstić information content (AvgIpc) is 2.51. The Bertz CT molecular complexity index is 311. The van der Waals surface area contributed by atoms with Gasteiger partial charge in [-0.1, -0.05) is 5.16 Å². The third kappa shape index (κ3) is 3.33. The largest absolute Gasteiger partial charge is 0.354 e. The van der Waals surface area contributed by atoms with E-state index in [-0.39, 0.29) is 5.91 Å². The minimum Gasteiger partial charge on any atom is -0.354 e. The molecular weight excluding hydrogens is 206 g/mol. The molecule has 0 radical (unpaired) electrons. The molecule has 5 nitrogen and oxygen atoms in total. The van der Waals surface area contributed by atoms with Gasteiger partial charge in [0.2, 0.25) is 11.8 Å². The topological polar surface area (TPSA) is 68.0 Å². The first kappa shape index (κ1) is 11.0. The second kappa shape index (κ2) is 4.95. The molecule has 1 aromatic heterocycles. The molecule has 1 unspecified atom stereocenters. The first-order valence-corrected chi connectivity index (χ1v) is 4.74. The van der Waals surface area contributed by atoms with Gasteiger partial charge >= 0.3 is 0 Å². The number of carbonyl (C=O) groups is 1. The Labute approximate surface area is 86.8 Å². The van der Waals surface area contributed by atoms with Gasteiger partial charge in [-0.2, -0.15) is 4.98 Å².